The fourth-order valence-corrected chi connectivity index (χ4v) is 3.86. The van der Waals surface area contributed by atoms with Crippen LogP contribution in [-0.2, 0) is 6.54 Å². The maximum absolute atomic E-state index is 11.2. The third-order valence-corrected chi connectivity index (χ3v) is 5.09. The van der Waals surface area contributed by atoms with Crippen LogP contribution in [0, 0.1) is 21.4 Å². The molecule has 2 aromatic carbocycles. The Morgan fingerprint density at radius 3 is 2.68 bits per heavy atom. The Hall–Kier alpha value is -2.91. The van der Waals surface area contributed by atoms with Crippen molar-refractivity contribution in [1.82, 2.24) is 4.90 Å². The van der Waals surface area contributed by atoms with E-state index in [1.54, 1.807) is 12.1 Å². The molecule has 0 saturated carbocycles. The third-order valence-electron chi connectivity index (χ3n) is 5.09. The molecule has 1 saturated heterocycles. The van der Waals surface area contributed by atoms with Gasteiger partial charge in [-0.3, -0.25) is 15.0 Å². The molecule has 2 aromatic rings. The maximum atomic E-state index is 11.2. The summed E-state index contributed by atoms with van der Waals surface area (Å²) in [7, 11) is 0. The number of non-ortho nitro benzene ring substituents is 1. The molecular weight excluding hydrogens is 354 g/mol. The summed E-state index contributed by atoms with van der Waals surface area (Å²) in [5, 5.41) is 21.1. The summed E-state index contributed by atoms with van der Waals surface area (Å²) in [5.41, 5.74) is 1.86. The van der Waals surface area contributed by atoms with Crippen LogP contribution in [0.2, 0.25) is 0 Å². The Kier molecular flexibility index (Phi) is 6.27. The van der Waals surface area contributed by atoms with Crippen LogP contribution >= 0.6 is 0 Å². The zero-order chi connectivity index (χ0) is 20.1. The third kappa shape index (κ3) is 4.49. The Morgan fingerprint density at radius 2 is 2.04 bits per heavy atom. The quantitative estimate of drug-likeness (QED) is 0.517. The summed E-state index contributed by atoms with van der Waals surface area (Å²) in [6, 6.07) is 17.1. The number of ether oxygens (including phenoxy) is 1. The lowest BCUT2D eigenvalue weighted by atomic mass is 9.91. The molecule has 6 nitrogen and oxygen atoms in total. The Bertz CT molecular complexity index is 861. The van der Waals surface area contributed by atoms with Gasteiger partial charge in [0.1, 0.15) is 5.75 Å². The molecule has 0 spiro atoms. The molecule has 0 aliphatic carbocycles. The number of likely N-dealkylation sites (tertiary alicyclic amines) is 1. The van der Waals surface area contributed by atoms with Crippen LogP contribution in [0.1, 0.15) is 43.7 Å². The summed E-state index contributed by atoms with van der Waals surface area (Å²) in [4.78, 5) is 13.1. The van der Waals surface area contributed by atoms with E-state index in [1.165, 1.54) is 6.07 Å². The topological polar surface area (TPSA) is 79.4 Å². The molecule has 0 radical (unpaired) electrons. The highest BCUT2D eigenvalue weighted by Crippen LogP contribution is 2.34. The average Bonchev–Trinajstić information content (AvgIpc) is 3.12. The predicted molar refractivity (Wildman–Crippen MR) is 107 cm³/mol. The molecular formula is C22H25N3O3. The molecule has 1 heterocycles. The SMILES string of the molecule is CC(C)Oc1ccc([N+](=O)[O-])cc1CN1CCC[C@@H]1[C@@H](C#N)c1ccccc1. The van der Waals surface area contributed by atoms with Crippen LogP contribution in [0.3, 0.4) is 0 Å². The second kappa shape index (κ2) is 8.85. The van der Waals surface area contributed by atoms with E-state index in [-0.39, 0.29) is 28.7 Å². The van der Waals surface area contributed by atoms with Crippen LogP contribution in [0.25, 0.3) is 0 Å². The highest BCUT2D eigenvalue weighted by Gasteiger charge is 2.33. The molecule has 146 valence electrons. The van der Waals surface area contributed by atoms with Gasteiger partial charge in [0.25, 0.3) is 5.69 Å². The molecule has 1 aliphatic heterocycles. The molecule has 1 fully saturated rings. The first-order valence-electron chi connectivity index (χ1n) is 9.62. The largest absolute Gasteiger partial charge is 0.491 e. The lowest BCUT2D eigenvalue weighted by Gasteiger charge is -2.29. The van der Waals surface area contributed by atoms with Gasteiger partial charge in [-0.05, 0) is 44.9 Å². The molecule has 0 unspecified atom stereocenters. The Morgan fingerprint density at radius 1 is 1.29 bits per heavy atom. The van der Waals surface area contributed by atoms with Gasteiger partial charge in [-0.2, -0.15) is 5.26 Å². The standard InChI is InChI=1S/C22H25N3O3/c1-16(2)28-22-11-10-19(25(26)27)13-18(22)15-24-12-6-9-21(24)20(14-23)17-7-4-3-5-8-17/h3-5,7-8,10-11,13,16,20-21H,6,9,12,15H2,1-2H3/t20-,21+/m0/s1. The fourth-order valence-electron chi connectivity index (χ4n) is 3.86. The number of hydrogen-bond donors (Lipinski definition) is 0. The van der Waals surface area contributed by atoms with Crippen molar-refractivity contribution < 1.29 is 9.66 Å². The molecule has 3 rings (SSSR count). The molecule has 28 heavy (non-hydrogen) atoms. The highest BCUT2D eigenvalue weighted by atomic mass is 16.6. The number of nitrogens with zero attached hydrogens (tertiary/aromatic N) is 3. The van der Waals surface area contributed by atoms with Gasteiger partial charge >= 0.3 is 0 Å². The van der Waals surface area contributed by atoms with E-state index < -0.39 is 0 Å². The van der Waals surface area contributed by atoms with Crippen molar-refractivity contribution in [3.63, 3.8) is 0 Å². The normalized spacial score (nSPS) is 18.0. The first-order valence-corrected chi connectivity index (χ1v) is 9.62. The zero-order valence-corrected chi connectivity index (χ0v) is 16.2. The monoisotopic (exact) mass is 379 g/mol. The van der Waals surface area contributed by atoms with Crippen molar-refractivity contribution in [2.75, 3.05) is 6.54 Å². The van der Waals surface area contributed by atoms with Crippen molar-refractivity contribution in [3.8, 4) is 11.8 Å². The van der Waals surface area contributed by atoms with E-state index in [2.05, 4.69) is 11.0 Å². The summed E-state index contributed by atoms with van der Waals surface area (Å²) < 4.78 is 5.88. The predicted octanol–water partition coefficient (Wildman–Crippen LogP) is 4.65. The van der Waals surface area contributed by atoms with Gasteiger partial charge < -0.3 is 4.74 Å². The van der Waals surface area contributed by atoms with Crippen molar-refractivity contribution in [2.24, 2.45) is 0 Å². The number of nitro benzene ring substituents is 1. The lowest BCUT2D eigenvalue weighted by Crippen LogP contribution is -2.33. The van der Waals surface area contributed by atoms with Gasteiger partial charge in [-0.15, -0.1) is 0 Å². The fraction of sp³-hybridized carbons (Fsp3) is 0.409. The van der Waals surface area contributed by atoms with Gasteiger partial charge in [-0.25, -0.2) is 0 Å². The first kappa shape index (κ1) is 19.8. The van der Waals surface area contributed by atoms with Crippen molar-refractivity contribution >= 4 is 5.69 Å². The van der Waals surface area contributed by atoms with Crippen molar-refractivity contribution in [1.29, 1.82) is 5.26 Å². The van der Waals surface area contributed by atoms with Crippen LogP contribution in [0.5, 0.6) is 5.75 Å². The molecule has 0 aromatic heterocycles. The van der Waals surface area contributed by atoms with Crippen molar-refractivity contribution in [3.05, 3.63) is 69.8 Å². The number of hydrogen-bond acceptors (Lipinski definition) is 5. The molecule has 0 bridgehead atoms. The minimum Gasteiger partial charge on any atom is -0.491 e. The number of benzene rings is 2. The minimum atomic E-state index is -0.383. The smallest absolute Gasteiger partial charge is 0.270 e. The van der Waals surface area contributed by atoms with E-state index in [0.717, 1.165) is 30.5 Å². The highest BCUT2D eigenvalue weighted by molar-refractivity contribution is 5.44. The Balaban J connectivity index is 1.88. The van der Waals surface area contributed by atoms with Gasteiger partial charge in [-0.1, -0.05) is 30.3 Å². The minimum absolute atomic E-state index is 0.0224. The number of nitro groups is 1. The van der Waals surface area contributed by atoms with E-state index in [4.69, 9.17) is 4.74 Å². The molecule has 6 heteroatoms. The lowest BCUT2D eigenvalue weighted by molar-refractivity contribution is -0.385. The average molecular weight is 379 g/mol. The summed E-state index contributed by atoms with van der Waals surface area (Å²) in [6.07, 6.45) is 1.92. The van der Waals surface area contributed by atoms with E-state index in [0.29, 0.717) is 12.3 Å². The molecule has 2 atom stereocenters. The van der Waals surface area contributed by atoms with E-state index in [1.807, 2.05) is 44.2 Å². The van der Waals surface area contributed by atoms with Gasteiger partial charge in [0.2, 0.25) is 0 Å². The zero-order valence-electron chi connectivity index (χ0n) is 16.2. The van der Waals surface area contributed by atoms with Crippen LogP contribution in [0.15, 0.2) is 48.5 Å². The van der Waals surface area contributed by atoms with Gasteiger partial charge in [0.05, 0.1) is 23.0 Å². The summed E-state index contributed by atoms with van der Waals surface area (Å²) >= 11 is 0. The van der Waals surface area contributed by atoms with E-state index in [9.17, 15) is 15.4 Å². The van der Waals surface area contributed by atoms with Crippen LogP contribution in [0.4, 0.5) is 5.69 Å². The van der Waals surface area contributed by atoms with Crippen LogP contribution < -0.4 is 4.74 Å². The molecule has 0 N–H and O–H groups in total. The molecule has 0 amide bonds. The van der Waals surface area contributed by atoms with Gasteiger partial charge in [0, 0.05) is 30.3 Å². The van der Waals surface area contributed by atoms with Crippen molar-refractivity contribution in [2.45, 2.75) is 51.3 Å². The maximum Gasteiger partial charge on any atom is 0.270 e. The molecule has 1 aliphatic rings. The van der Waals surface area contributed by atoms with E-state index >= 15 is 0 Å². The second-order valence-electron chi connectivity index (χ2n) is 7.41. The summed E-state index contributed by atoms with van der Waals surface area (Å²) in [6.45, 7) is 5.26. The van der Waals surface area contributed by atoms with Crippen LogP contribution in [-0.4, -0.2) is 28.5 Å². The summed E-state index contributed by atoms with van der Waals surface area (Å²) in [5.74, 6) is 0.441. The number of nitriles is 1. The number of rotatable bonds is 7. The Labute approximate surface area is 165 Å². The van der Waals surface area contributed by atoms with Gasteiger partial charge in [0.15, 0.2) is 0 Å². The first-order chi connectivity index (χ1) is 13.5. The second-order valence-corrected chi connectivity index (χ2v) is 7.41.